The Balaban J connectivity index is 0.00000225. The Morgan fingerprint density at radius 2 is 2.12 bits per heavy atom. The lowest BCUT2D eigenvalue weighted by Gasteiger charge is -1.97. The number of rotatable bonds is 3. The summed E-state index contributed by atoms with van der Waals surface area (Å²) in [7, 11) is 1.27. The maximum absolute atomic E-state index is 11.0. The Labute approximate surface area is 98.2 Å². The van der Waals surface area contributed by atoms with Gasteiger partial charge in [-0.2, -0.15) is 0 Å². The van der Waals surface area contributed by atoms with E-state index in [0.29, 0.717) is 5.56 Å². The molecular weight excluding hydrogens is 234 g/mol. The van der Waals surface area contributed by atoms with Crippen molar-refractivity contribution in [2.75, 3.05) is 7.11 Å². The molecule has 0 spiro atoms. The molecule has 0 aliphatic heterocycles. The molecule has 5 nitrogen and oxygen atoms in total. The zero-order chi connectivity index (χ0) is 11.3. The van der Waals surface area contributed by atoms with E-state index < -0.39 is 11.9 Å². The van der Waals surface area contributed by atoms with Crippen LogP contribution in [-0.4, -0.2) is 29.1 Å². The fourth-order valence-electron chi connectivity index (χ4n) is 0.897. The standard InChI is InChI=1S/C10H9NO4.ClH/c1-15-10(14)8-4-2-7(6-11-8)3-5-9(12)13;/h2-6H,1H3,(H,12,13);1H. The Morgan fingerprint density at radius 1 is 1.44 bits per heavy atom. The fraction of sp³-hybridized carbons (Fsp3) is 0.100. The lowest BCUT2D eigenvalue weighted by Crippen LogP contribution is -2.03. The predicted molar refractivity (Wildman–Crippen MR) is 59.5 cm³/mol. The third kappa shape index (κ3) is 4.10. The van der Waals surface area contributed by atoms with Crippen LogP contribution in [0.1, 0.15) is 16.1 Å². The molecule has 0 unspecified atom stereocenters. The average Bonchev–Trinajstić information content (AvgIpc) is 2.26. The number of carboxylic acids is 1. The van der Waals surface area contributed by atoms with E-state index in [4.69, 9.17) is 5.11 Å². The van der Waals surface area contributed by atoms with Crippen molar-refractivity contribution >= 4 is 30.4 Å². The molecule has 1 rings (SSSR count). The van der Waals surface area contributed by atoms with Crippen molar-refractivity contribution in [1.82, 2.24) is 4.98 Å². The molecule has 0 aliphatic rings. The highest BCUT2D eigenvalue weighted by Crippen LogP contribution is 2.03. The van der Waals surface area contributed by atoms with E-state index in [0.717, 1.165) is 6.08 Å². The Morgan fingerprint density at radius 3 is 2.56 bits per heavy atom. The molecule has 0 saturated carbocycles. The zero-order valence-electron chi connectivity index (χ0n) is 8.41. The molecule has 1 aromatic rings. The summed E-state index contributed by atoms with van der Waals surface area (Å²) in [6.45, 7) is 0. The number of hydrogen-bond donors (Lipinski definition) is 1. The van der Waals surface area contributed by atoms with Crippen LogP contribution in [0.25, 0.3) is 6.08 Å². The maximum Gasteiger partial charge on any atom is 0.356 e. The summed E-state index contributed by atoms with van der Waals surface area (Å²) in [6, 6.07) is 3.05. The molecule has 0 amide bonds. The summed E-state index contributed by atoms with van der Waals surface area (Å²) in [5.74, 6) is -1.56. The van der Waals surface area contributed by atoms with Gasteiger partial charge in [0.25, 0.3) is 0 Å². The minimum absolute atomic E-state index is 0. The smallest absolute Gasteiger partial charge is 0.356 e. The van der Waals surface area contributed by atoms with E-state index in [1.807, 2.05) is 0 Å². The minimum Gasteiger partial charge on any atom is -0.478 e. The molecule has 0 atom stereocenters. The minimum atomic E-state index is -1.04. The van der Waals surface area contributed by atoms with Crippen molar-refractivity contribution < 1.29 is 19.4 Å². The van der Waals surface area contributed by atoms with Crippen LogP contribution in [0.4, 0.5) is 0 Å². The van der Waals surface area contributed by atoms with E-state index in [1.165, 1.54) is 25.4 Å². The molecule has 0 aliphatic carbocycles. The number of halogens is 1. The summed E-state index contributed by atoms with van der Waals surface area (Å²) in [5.41, 5.74) is 0.787. The third-order valence-corrected chi connectivity index (χ3v) is 1.60. The lowest BCUT2D eigenvalue weighted by atomic mass is 10.2. The van der Waals surface area contributed by atoms with Gasteiger partial charge in [-0.15, -0.1) is 12.4 Å². The van der Waals surface area contributed by atoms with Gasteiger partial charge in [0, 0.05) is 12.3 Å². The molecule has 1 heterocycles. The second-order valence-electron chi connectivity index (χ2n) is 2.64. The van der Waals surface area contributed by atoms with Crippen LogP contribution in [-0.2, 0) is 9.53 Å². The molecular formula is C10H10ClNO4. The van der Waals surface area contributed by atoms with Crippen LogP contribution in [0.15, 0.2) is 24.4 Å². The van der Waals surface area contributed by atoms with Gasteiger partial charge in [-0.1, -0.05) is 6.07 Å². The molecule has 1 N–H and O–H groups in total. The first kappa shape index (κ1) is 14.1. The van der Waals surface area contributed by atoms with Crippen molar-refractivity contribution in [3.8, 4) is 0 Å². The van der Waals surface area contributed by atoms with Crippen molar-refractivity contribution in [3.05, 3.63) is 35.7 Å². The molecule has 0 aromatic carbocycles. The summed E-state index contributed by atoms with van der Waals surface area (Å²) in [5, 5.41) is 8.37. The highest BCUT2D eigenvalue weighted by Gasteiger charge is 2.04. The van der Waals surface area contributed by atoms with Gasteiger partial charge in [-0.25, -0.2) is 14.6 Å². The number of carbonyl (C=O) groups excluding carboxylic acids is 1. The lowest BCUT2D eigenvalue weighted by molar-refractivity contribution is -0.131. The largest absolute Gasteiger partial charge is 0.478 e. The van der Waals surface area contributed by atoms with Crippen molar-refractivity contribution in [3.63, 3.8) is 0 Å². The first-order valence-corrected chi connectivity index (χ1v) is 4.09. The van der Waals surface area contributed by atoms with E-state index >= 15 is 0 Å². The maximum atomic E-state index is 11.0. The van der Waals surface area contributed by atoms with E-state index in [-0.39, 0.29) is 18.1 Å². The fourth-order valence-corrected chi connectivity index (χ4v) is 0.897. The van der Waals surface area contributed by atoms with Crippen LogP contribution in [0.3, 0.4) is 0 Å². The van der Waals surface area contributed by atoms with Gasteiger partial charge in [-0.05, 0) is 17.7 Å². The van der Waals surface area contributed by atoms with E-state index in [9.17, 15) is 9.59 Å². The molecule has 0 fully saturated rings. The summed E-state index contributed by atoms with van der Waals surface area (Å²) in [4.78, 5) is 25.0. The summed E-state index contributed by atoms with van der Waals surface area (Å²) >= 11 is 0. The number of hydrogen-bond acceptors (Lipinski definition) is 4. The van der Waals surface area contributed by atoms with Gasteiger partial charge in [0.2, 0.25) is 0 Å². The van der Waals surface area contributed by atoms with E-state index in [1.54, 1.807) is 6.07 Å². The normalized spacial score (nSPS) is 9.56. The average molecular weight is 244 g/mol. The highest BCUT2D eigenvalue weighted by atomic mass is 35.5. The second-order valence-corrected chi connectivity index (χ2v) is 2.64. The van der Waals surface area contributed by atoms with Crippen LogP contribution in [0, 0.1) is 0 Å². The number of esters is 1. The number of aliphatic carboxylic acids is 1. The number of carboxylic acid groups (broad SMARTS) is 1. The van der Waals surface area contributed by atoms with Gasteiger partial charge in [-0.3, -0.25) is 0 Å². The van der Waals surface area contributed by atoms with Gasteiger partial charge >= 0.3 is 11.9 Å². The van der Waals surface area contributed by atoms with Crippen molar-refractivity contribution in [2.45, 2.75) is 0 Å². The number of pyridine rings is 1. The first-order chi connectivity index (χ1) is 7.13. The van der Waals surface area contributed by atoms with Crippen LogP contribution in [0.5, 0.6) is 0 Å². The number of methoxy groups -OCH3 is 1. The SMILES string of the molecule is COC(=O)c1ccc(C=CC(=O)O)cn1.Cl. The Kier molecular flexibility index (Phi) is 5.80. The van der Waals surface area contributed by atoms with Gasteiger partial charge in [0.1, 0.15) is 5.69 Å². The Bertz CT molecular complexity index is 400. The number of nitrogens with zero attached hydrogens (tertiary/aromatic N) is 1. The molecule has 0 saturated heterocycles. The summed E-state index contributed by atoms with van der Waals surface area (Å²) in [6.07, 6.45) is 3.77. The van der Waals surface area contributed by atoms with E-state index in [2.05, 4.69) is 9.72 Å². The molecule has 0 bridgehead atoms. The van der Waals surface area contributed by atoms with Gasteiger partial charge in [0.15, 0.2) is 0 Å². The zero-order valence-corrected chi connectivity index (χ0v) is 9.23. The predicted octanol–water partition coefficient (Wildman–Crippen LogP) is 1.39. The topological polar surface area (TPSA) is 76.5 Å². The third-order valence-electron chi connectivity index (χ3n) is 1.60. The number of ether oxygens (including phenoxy) is 1. The monoisotopic (exact) mass is 243 g/mol. The quantitative estimate of drug-likeness (QED) is 0.641. The van der Waals surface area contributed by atoms with Crippen LogP contribution < -0.4 is 0 Å². The van der Waals surface area contributed by atoms with Crippen LogP contribution >= 0.6 is 12.4 Å². The van der Waals surface area contributed by atoms with Gasteiger partial charge in [0.05, 0.1) is 7.11 Å². The summed E-state index contributed by atoms with van der Waals surface area (Å²) < 4.78 is 4.46. The van der Waals surface area contributed by atoms with Crippen molar-refractivity contribution in [1.29, 1.82) is 0 Å². The number of carbonyl (C=O) groups is 2. The molecule has 86 valence electrons. The van der Waals surface area contributed by atoms with Crippen molar-refractivity contribution in [2.24, 2.45) is 0 Å². The molecule has 16 heavy (non-hydrogen) atoms. The first-order valence-electron chi connectivity index (χ1n) is 4.09. The molecule has 0 radical (unpaired) electrons. The number of aromatic nitrogens is 1. The Hall–Kier alpha value is -1.88. The molecule has 1 aromatic heterocycles. The van der Waals surface area contributed by atoms with Gasteiger partial charge < -0.3 is 9.84 Å². The highest BCUT2D eigenvalue weighted by molar-refractivity contribution is 5.88. The second kappa shape index (κ2) is 6.58. The molecule has 6 heteroatoms. The van der Waals surface area contributed by atoms with Crippen LogP contribution in [0.2, 0.25) is 0 Å².